The Morgan fingerprint density at radius 3 is 2.79 bits per heavy atom. The van der Waals surface area contributed by atoms with Crippen LogP contribution in [0.4, 0.5) is 0 Å². The lowest BCUT2D eigenvalue weighted by Gasteiger charge is -1.96. The lowest BCUT2D eigenvalue weighted by atomic mass is 10.3. The average Bonchev–Trinajstić information content (AvgIpc) is 3.07. The highest BCUT2D eigenvalue weighted by Crippen LogP contribution is 2.22. The summed E-state index contributed by atoms with van der Waals surface area (Å²) in [5, 5.41) is 3.89. The first-order chi connectivity index (χ1) is 9.24. The number of nitrogens with zero attached hydrogens (tertiary/aromatic N) is 1. The first-order valence-corrected chi connectivity index (χ1v) is 6.98. The van der Waals surface area contributed by atoms with Crippen molar-refractivity contribution in [3.05, 3.63) is 48.2 Å². The molecule has 5 nitrogen and oxygen atoms in total. The maximum Gasteiger partial charge on any atom is 0.202 e. The molecule has 0 saturated heterocycles. The van der Waals surface area contributed by atoms with Crippen molar-refractivity contribution in [2.24, 2.45) is 0 Å². The fourth-order valence-electron chi connectivity index (χ4n) is 1.74. The van der Waals surface area contributed by atoms with Gasteiger partial charge in [0.2, 0.25) is 5.76 Å². The fourth-order valence-corrected chi connectivity index (χ4v) is 2.87. The standard InChI is InChI=1S/C13H11NO4S/c1-9-13(4-6-16-9)19(15)8-10-7-12(18-14-10)11-3-2-5-17-11/h2-7H,8H2,1H3/t19-/m1/s1. The van der Waals surface area contributed by atoms with Gasteiger partial charge < -0.3 is 13.4 Å². The monoisotopic (exact) mass is 277 g/mol. The van der Waals surface area contributed by atoms with E-state index in [9.17, 15) is 4.21 Å². The number of rotatable bonds is 4. The molecule has 0 aliphatic heterocycles. The number of hydrogen-bond donors (Lipinski definition) is 0. The van der Waals surface area contributed by atoms with E-state index < -0.39 is 10.8 Å². The van der Waals surface area contributed by atoms with Crippen LogP contribution in [0, 0.1) is 6.92 Å². The van der Waals surface area contributed by atoms with E-state index in [1.807, 2.05) is 0 Å². The Bertz CT molecular complexity index is 696. The largest absolute Gasteiger partial charge is 0.468 e. The van der Waals surface area contributed by atoms with Crippen LogP contribution in [-0.2, 0) is 16.6 Å². The fraction of sp³-hybridized carbons (Fsp3) is 0.154. The van der Waals surface area contributed by atoms with E-state index in [1.165, 1.54) is 6.26 Å². The van der Waals surface area contributed by atoms with Gasteiger partial charge >= 0.3 is 0 Å². The Balaban J connectivity index is 1.78. The molecule has 0 saturated carbocycles. The van der Waals surface area contributed by atoms with Gasteiger partial charge in [-0.2, -0.15) is 0 Å². The highest BCUT2D eigenvalue weighted by atomic mass is 32.2. The van der Waals surface area contributed by atoms with Crippen molar-refractivity contribution in [2.45, 2.75) is 17.6 Å². The molecule has 6 heteroatoms. The molecule has 1 atom stereocenters. The maximum absolute atomic E-state index is 12.1. The van der Waals surface area contributed by atoms with Gasteiger partial charge in [-0.15, -0.1) is 0 Å². The van der Waals surface area contributed by atoms with Crippen molar-refractivity contribution in [3.63, 3.8) is 0 Å². The molecule has 0 aliphatic rings. The van der Waals surface area contributed by atoms with Gasteiger partial charge in [-0.05, 0) is 25.1 Å². The van der Waals surface area contributed by atoms with Gasteiger partial charge in [-0.25, -0.2) is 0 Å². The van der Waals surface area contributed by atoms with E-state index in [4.69, 9.17) is 13.4 Å². The van der Waals surface area contributed by atoms with Crippen LogP contribution in [0.3, 0.4) is 0 Å². The highest BCUT2D eigenvalue weighted by Gasteiger charge is 2.15. The van der Waals surface area contributed by atoms with Crippen LogP contribution in [0.2, 0.25) is 0 Å². The summed E-state index contributed by atoms with van der Waals surface area (Å²) in [6, 6.07) is 6.98. The Labute approximate surface area is 111 Å². The van der Waals surface area contributed by atoms with Crippen molar-refractivity contribution in [3.8, 4) is 11.5 Å². The second-order valence-corrected chi connectivity index (χ2v) is 5.41. The van der Waals surface area contributed by atoms with Crippen LogP contribution < -0.4 is 0 Å². The zero-order valence-corrected chi connectivity index (χ0v) is 11.0. The molecule has 0 fully saturated rings. The molecule has 3 rings (SSSR count). The first kappa shape index (κ1) is 12.0. The molecule has 0 aromatic carbocycles. The Morgan fingerprint density at radius 1 is 1.21 bits per heavy atom. The molecule has 3 heterocycles. The summed E-state index contributed by atoms with van der Waals surface area (Å²) < 4.78 is 27.6. The summed E-state index contributed by atoms with van der Waals surface area (Å²) in [6.45, 7) is 1.78. The topological polar surface area (TPSA) is 69.4 Å². The lowest BCUT2D eigenvalue weighted by Crippen LogP contribution is -1.96. The Kier molecular flexibility index (Phi) is 3.08. The minimum absolute atomic E-state index is 0.282. The molecule has 0 aliphatic carbocycles. The molecule has 3 aromatic heterocycles. The molecule has 0 amide bonds. The van der Waals surface area contributed by atoms with Crippen LogP contribution >= 0.6 is 0 Å². The SMILES string of the molecule is Cc1occc1[S@](=O)Cc1cc(-c2ccco2)on1. The molecule has 0 radical (unpaired) electrons. The number of aryl methyl sites for hydroxylation is 1. The molecule has 3 aromatic rings. The van der Waals surface area contributed by atoms with E-state index >= 15 is 0 Å². The molecule has 0 N–H and O–H groups in total. The van der Waals surface area contributed by atoms with Gasteiger partial charge in [0.1, 0.15) is 5.76 Å². The minimum atomic E-state index is -1.20. The summed E-state index contributed by atoms with van der Waals surface area (Å²) in [6.07, 6.45) is 3.09. The average molecular weight is 277 g/mol. The van der Waals surface area contributed by atoms with E-state index in [2.05, 4.69) is 5.16 Å². The zero-order chi connectivity index (χ0) is 13.2. The molecule has 0 bridgehead atoms. The van der Waals surface area contributed by atoms with Crippen molar-refractivity contribution in [1.82, 2.24) is 5.16 Å². The second-order valence-electron chi connectivity index (χ2n) is 3.99. The van der Waals surface area contributed by atoms with E-state index in [-0.39, 0.29) is 5.75 Å². The Morgan fingerprint density at radius 2 is 2.11 bits per heavy atom. The van der Waals surface area contributed by atoms with Gasteiger partial charge in [-0.3, -0.25) is 4.21 Å². The smallest absolute Gasteiger partial charge is 0.202 e. The quantitative estimate of drug-likeness (QED) is 0.732. The van der Waals surface area contributed by atoms with Crippen molar-refractivity contribution in [2.75, 3.05) is 0 Å². The first-order valence-electron chi connectivity index (χ1n) is 5.66. The van der Waals surface area contributed by atoms with E-state index in [0.717, 1.165) is 0 Å². The Hall–Kier alpha value is -2.08. The van der Waals surface area contributed by atoms with Gasteiger partial charge in [0.25, 0.3) is 0 Å². The number of aromatic nitrogens is 1. The van der Waals surface area contributed by atoms with Crippen LogP contribution in [0.5, 0.6) is 0 Å². The van der Waals surface area contributed by atoms with Crippen molar-refractivity contribution < 1.29 is 17.6 Å². The molecule has 98 valence electrons. The summed E-state index contributed by atoms with van der Waals surface area (Å²) >= 11 is 0. The summed E-state index contributed by atoms with van der Waals surface area (Å²) in [7, 11) is -1.20. The van der Waals surface area contributed by atoms with Gasteiger partial charge in [0, 0.05) is 6.07 Å². The van der Waals surface area contributed by atoms with E-state index in [1.54, 1.807) is 37.5 Å². The predicted molar refractivity (Wildman–Crippen MR) is 67.8 cm³/mol. The molecule has 0 unspecified atom stereocenters. The van der Waals surface area contributed by atoms with Gasteiger partial charge in [0.05, 0.1) is 39.7 Å². The lowest BCUT2D eigenvalue weighted by molar-refractivity contribution is 0.413. The van der Waals surface area contributed by atoms with Crippen molar-refractivity contribution >= 4 is 10.8 Å². The molecular formula is C13H11NO4S. The maximum atomic E-state index is 12.1. The number of hydrogen-bond acceptors (Lipinski definition) is 5. The molecule has 0 spiro atoms. The third-order valence-electron chi connectivity index (χ3n) is 2.66. The minimum Gasteiger partial charge on any atom is -0.468 e. The van der Waals surface area contributed by atoms with Gasteiger partial charge in [-0.1, -0.05) is 5.16 Å². The summed E-state index contributed by atoms with van der Waals surface area (Å²) in [5.74, 6) is 2.07. The third-order valence-corrected chi connectivity index (χ3v) is 4.13. The number of furan rings is 2. The van der Waals surface area contributed by atoms with Crippen molar-refractivity contribution in [1.29, 1.82) is 0 Å². The summed E-state index contributed by atoms with van der Waals surface area (Å²) in [4.78, 5) is 0.683. The molecular weight excluding hydrogens is 266 g/mol. The third kappa shape index (κ3) is 2.39. The van der Waals surface area contributed by atoms with Crippen LogP contribution in [0.1, 0.15) is 11.5 Å². The molecule has 19 heavy (non-hydrogen) atoms. The van der Waals surface area contributed by atoms with Crippen LogP contribution in [-0.4, -0.2) is 9.37 Å². The van der Waals surface area contributed by atoms with Crippen LogP contribution in [0.25, 0.3) is 11.5 Å². The summed E-state index contributed by atoms with van der Waals surface area (Å²) in [5.41, 5.74) is 0.616. The zero-order valence-electron chi connectivity index (χ0n) is 10.2. The normalized spacial score (nSPS) is 12.7. The van der Waals surface area contributed by atoms with E-state index in [0.29, 0.717) is 27.9 Å². The van der Waals surface area contributed by atoms with Crippen LogP contribution in [0.15, 0.2) is 55.0 Å². The van der Waals surface area contributed by atoms with Gasteiger partial charge in [0.15, 0.2) is 5.76 Å². The second kappa shape index (κ2) is 4.89. The predicted octanol–water partition coefficient (Wildman–Crippen LogP) is 3.14. The highest BCUT2D eigenvalue weighted by molar-refractivity contribution is 7.84.